The van der Waals surface area contributed by atoms with Gasteiger partial charge in [-0.25, -0.2) is 0 Å². The number of carboxylic acids is 1. The Labute approximate surface area is 102 Å². The summed E-state index contributed by atoms with van der Waals surface area (Å²) >= 11 is 1.32. The molecule has 1 aliphatic rings. The Balaban J connectivity index is 2.24. The van der Waals surface area contributed by atoms with Crippen LogP contribution in [-0.2, 0) is 4.79 Å². The molecule has 4 nitrogen and oxygen atoms in total. The molecule has 1 aromatic carbocycles. The van der Waals surface area contributed by atoms with Crippen molar-refractivity contribution in [1.82, 2.24) is 4.98 Å². The van der Waals surface area contributed by atoms with Crippen molar-refractivity contribution in [1.29, 1.82) is 0 Å². The lowest BCUT2D eigenvalue weighted by atomic mass is 9.95. The molecule has 17 heavy (non-hydrogen) atoms. The third-order valence-electron chi connectivity index (χ3n) is 3.16. The van der Waals surface area contributed by atoms with Gasteiger partial charge >= 0.3 is 5.97 Å². The van der Waals surface area contributed by atoms with E-state index in [1.165, 1.54) is 11.8 Å². The minimum atomic E-state index is -0.877. The number of H-pyrrole nitrogens is 1. The van der Waals surface area contributed by atoms with Crippen molar-refractivity contribution in [2.24, 2.45) is 0 Å². The molecule has 0 aliphatic carbocycles. The van der Waals surface area contributed by atoms with Crippen LogP contribution in [0.15, 0.2) is 29.3 Å². The summed E-state index contributed by atoms with van der Waals surface area (Å²) in [5.41, 5.74) is 1.90. The van der Waals surface area contributed by atoms with Crippen molar-refractivity contribution in [3.8, 4) is 0 Å². The lowest BCUT2D eigenvalue weighted by Gasteiger charge is -2.26. The fraction of sp³-hybridized carbons (Fsp3) is 0.250. The number of aliphatic carboxylic acids is 1. The Hall–Kier alpha value is -1.46. The fourth-order valence-electron chi connectivity index (χ4n) is 2.37. The van der Waals surface area contributed by atoms with Gasteiger partial charge in [0.05, 0.1) is 6.61 Å². The predicted octanol–water partition coefficient (Wildman–Crippen LogP) is 1.80. The van der Waals surface area contributed by atoms with Crippen molar-refractivity contribution < 1.29 is 15.0 Å². The quantitative estimate of drug-likeness (QED) is 0.758. The van der Waals surface area contributed by atoms with Gasteiger partial charge < -0.3 is 15.2 Å². The number of aromatic amines is 1. The molecule has 1 aliphatic heterocycles. The van der Waals surface area contributed by atoms with Gasteiger partial charge in [-0.15, -0.1) is 11.8 Å². The Morgan fingerprint density at radius 1 is 1.47 bits per heavy atom. The van der Waals surface area contributed by atoms with E-state index in [1.807, 2.05) is 24.4 Å². The molecule has 0 radical (unpaired) electrons. The zero-order chi connectivity index (χ0) is 12.0. The summed E-state index contributed by atoms with van der Waals surface area (Å²) in [5.74, 6) is -1.22. The lowest BCUT2D eigenvalue weighted by molar-refractivity contribution is -0.137. The molecular formula is C12H11NO3S. The summed E-state index contributed by atoms with van der Waals surface area (Å²) in [6, 6.07) is 5.79. The van der Waals surface area contributed by atoms with Crippen LogP contribution in [0, 0.1) is 0 Å². The van der Waals surface area contributed by atoms with E-state index < -0.39 is 11.2 Å². The number of rotatable bonds is 2. The van der Waals surface area contributed by atoms with E-state index >= 15 is 0 Å². The van der Waals surface area contributed by atoms with Crippen LogP contribution in [0.25, 0.3) is 10.9 Å². The van der Waals surface area contributed by atoms with E-state index in [1.54, 1.807) is 0 Å². The Morgan fingerprint density at radius 2 is 2.29 bits per heavy atom. The Kier molecular flexibility index (Phi) is 2.38. The molecule has 0 spiro atoms. The number of nitrogens with one attached hydrogen (secondary N) is 1. The van der Waals surface area contributed by atoms with Crippen LogP contribution < -0.4 is 0 Å². The molecule has 5 heteroatoms. The van der Waals surface area contributed by atoms with Gasteiger partial charge in [0, 0.05) is 27.9 Å². The highest BCUT2D eigenvalue weighted by Gasteiger charge is 2.36. The first-order valence-electron chi connectivity index (χ1n) is 5.32. The molecular weight excluding hydrogens is 238 g/mol. The smallest absolute Gasteiger partial charge is 0.317 e. The first-order valence-corrected chi connectivity index (χ1v) is 6.20. The number of thioether (sulfide) groups is 1. The molecule has 1 aromatic heterocycles. The highest BCUT2D eigenvalue weighted by molar-refractivity contribution is 8.01. The predicted molar refractivity (Wildman–Crippen MR) is 65.4 cm³/mol. The third kappa shape index (κ3) is 1.46. The summed E-state index contributed by atoms with van der Waals surface area (Å²) in [4.78, 5) is 15.3. The second kappa shape index (κ2) is 3.78. The normalized spacial score (nSPS) is 22.9. The van der Waals surface area contributed by atoms with Crippen molar-refractivity contribution in [3.05, 3.63) is 30.0 Å². The van der Waals surface area contributed by atoms with Crippen molar-refractivity contribution in [3.63, 3.8) is 0 Å². The van der Waals surface area contributed by atoms with E-state index in [4.69, 9.17) is 0 Å². The topological polar surface area (TPSA) is 73.3 Å². The van der Waals surface area contributed by atoms with Crippen LogP contribution in [0.5, 0.6) is 0 Å². The van der Waals surface area contributed by atoms with Gasteiger partial charge in [-0.05, 0) is 17.7 Å². The SMILES string of the molecule is O=C(O)[C@@H]1Sc2cccc3[nH]cc(c23)[C@H]1CO. The first kappa shape index (κ1) is 10.7. The minimum Gasteiger partial charge on any atom is -0.480 e. The third-order valence-corrected chi connectivity index (χ3v) is 4.54. The van der Waals surface area contributed by atoms with Crippen molar-refractivity contribution >= 4 is 28.6 Å². The second-order valence-electron chi connectivity index (χ2n) is 4.09. The lowest BCUT2D eigenvalue weighted by Crippen LogP contribution is -2.29. The van der Waals surface area contributed by atoms with Gasteiger partial charge in [0.25, 0.3) is 0 Å². The highest BCUT2D eigenvalue weighted by atomic mass is 32.2. The maximum Gasteiger partial charge on any atom is 0.317 e. The summed E-state index contributed by atoms with van der Waals surface area (Å²) in [6.45, 7) is -0.148. The summed E-state index contributed by atoms with van der Waals surface area (Å²) in [7, 11) is 0. The van der Waals surface area contributed by atoms with Crippen LogP contribution in [-0.4, -0.2) is 33.0 Å². The molecule has 0 amide bonds. The van der Waals surface area contributed by atoms with E-state index in [0.29, 0.717) is 0 Å². The molecule has 2 atom stereocenters. The summed E-state index contributed by atoms with van der Waals surface area (Å²) in [6.07, 6.45) is 1.81. The van der Waals surface area contributed by atoms with Crippen molar-refractivity contribution in [2.45, 2.75) is 16.1 Å². The molecule has 0 bridgehead atoms. The second-order valence-corrected chi connectivity index (χ2v) is 5.27. The van der Waals surface area contributed by atoms with Crippen LogP contribution in [0.1, 0.15) is 11.5 Å². The molecule has 0 saturated carbocycles. The summed E-state index contributed by atoms with van der Waals surface area (Å²) < 4.78 is 0. The molecule has 2 heterocycles. The van der Waals surface area contributed by atoms with Gasteiger partial charge in [0.1, 0.15) is 5.25 Å². The van der Waals surface area contributed by atoms with Gasteiger partial charge in [-0.1, -0.05) is 6.07 Å². The van der Waals surface area contributed by atoms with E-state index in [-0.39, 0.29) is 12.5 Å². The Morgan fingerprint density at radius 3 is 3.00 bits per heavy atom. The molecule has 2 aromatic rings. The highest BCUT2D eigenvalue weighted by Crippen LogP contribution is 2.45. The number of carboxylic acid groups (broad SMARTS) is 1. The largest absolute Gasteiger partial charge is 0.480 e. The van der Waals surface area contributed by atoms with E-state index in [9.17, 15) is 15.0 Å². The molecule has 88 valence electrons. The molecule has 0 fully saturated rings. The average Bonchev–Trinajstić information content (AvgIpc) is 2.75. The van der Waals surface area contributed by atoms with Gasteiger partial charge in [-0.3, -0.25) is 4.79 Å². The number of aliphatic hydroxyl groups excluding tert-OH is 1. The monoisotopic (exact) mass is 249 g/mol. The van der Waals surface area contributed by atoms with Crippen LogP contribution >= 0.6 is 11.8 Å². The molecule has 3 N–H and O–H groups in total. The van der Waals surface area contributed by atoms with E-state index in [0.717, 1.165) is 21.4 Å². The zero-order valence-corrected chi connectivity index (χ0v) is 9.70. The molecule has 0 unspecified atom stereocenters. The molecule has 0 saturated heterocycles. The van der Waals surface area contributed by atoms with Gasteiger partial charge in [0.15, 0.2) is 0 Å². The van der Waals surface area contributed by atoms with Gasteiger partial charge in [-0.2, -0.15) is 0 Å². The number of aromatic nitrogens is 1. The first-order chi connectivity index (χ1) is 8.22. The number of aliphatic hydroxyl groups is 1. The minimum absolute atomic E-state index is 0.148. The zero-order valence-electron chi connectivity index (χ0n) is 8.88. The number of carbonyl (C=O) groups is 1. The average molecular weight is 249 g/mol. The van der Waals surface area contributed by atoms with Crippen LogP contribution in [0.4, 0.5) is 0 Å². The number of hydrogen-bond acceptors (Lipinski definition) is 3. The standard InChI is InChI=1S/C12H11NO3S/c14-5-7-6-4-13-8-2-1-3-9(10(6)8)17-11(7)12(15)16/h1-4,7,11,13-14H,5H2,(H,15,16)/t7-,11-/m1/s1. The van der Waals surface area contributed by atoms with Gasteiger partial charge in [0.2, 0.25) is 0 Å². The Bertz CT molecular complexity index is 592. The summed E-state index contributed by atoms with van der Waals surface area (Å²) in [5, 5.41) is 19.1. The fourth-order valence-corrected chi connectivity index (χ4v) is 3.64. The van der Waals surface area contributed by atoms with Crippen molar-refractivity contribution in [2.75, 3.05) is 6.61 Å². The maximum atomic E-state index is 11.2. The van der Waals surface area contributed by atoms with E-state index in [2.05, 4.69) is 4.98 Å². The maximum absolute atomic E-state index is 11.2. The van der Waals surface area contributed by atoms with Crippen LogP contribution in [0.2, 0.25) is 0 Å². The molecule has 3 rings (SSSR count). The van der Waals surface area contributed by atoms with Crippen LogP contribution in [0.3, 0.4) is 0 Å². The number of hydrogen-bond donors (Lipinski definition) is 3. The number of benzene rings is 1.